The summed E-state index contributed by atoms with van der Waals surface area (Å²) in [5.41, 5.74) is 0.00845. The first-order valence-electron chi connectivity index (χ1n) is 19.3. The molecule has 0 bridgehead atoms. The van der Waals surface area contributed by atoms with Gasteiger partial charge in [0.1, 0.15) is 37.6 Å². The predicted molar refractivity (Wildman–Crippen MR) is 209 cm³/mol. The Hall–Kier alpha value is -5.73. The van der Waals surface area contributed by atoms with E-state index in [4.69, 9.17) is 37.9 Å². The van der Waals surface area contributed by atoms with Gasteiger partial charge in [-0.05, 0) is 81.0 Å². The van der Waals surface area contributed by atoms with Gasteiger partial charge in [-0.2, -0.15) is 0 Å². The van der Waals surface area contributed by atoms with Crippen LogP contribution in [0, 0.1) is 11.2 Å². The van der Waals surface area contributed by atoms with Crippen LogP contribution in [-0.2, 0) is 63.6 Å². The van der Waals surface area contributed by atoms with Gasteiger partial charge >= 0.3 is 35.8 Å². The monoisotopic (exact) mass is 814 g/mol. The Kier molecular flexibility index (Phi) is 21.9. The van der Waals surface area contributed by atoms with E-state index in [1.54, 1.807) is 30.3 Å². The SMILES string of the molecule is C=CC(=O)OCCCc1cc(-c2ccc(OCCCCCCCC)c(F)c2)ccc1OCC(COC(=O)C(=C)C)(COC(=O)C(=O)OCC)COC(=O)C(=O)OCC. The van der Waals surface area contributed by atoms with Crippen LogP contribution in [0.5, 0.6) is 11.5 Å². The normalized spacial score (nSPS) is 10.8. The van der Waals surface area contributed by atoms with E-state index in [1.807, 2.05) is 0 Å². The number of halogens is 1. The summed E-state index contributed by atoms with van der Waals surface area (Å²) in [6, 6.07) is 9.67. The summed E-state index contributed by atoms with van der Waals surface area (Å²) in [5.74, 6) is -6.98. The summed E-state index contributed by atoms with van der Waals surface area (Å²) < 4.78 is 57.6. The van der Waals surface area contributed by atoms with Crippen molar-refractivity contribution in [2.24, 2.45) is 5.41 Å². The molecule has 2 rings (SSSR count). The van der Waals surface area contributed by atoms with E-state index in [1.165, 1.54) is 33.3 Å². The molecule has 0 radical (unpaired) electrons. The second kappa shape index (κ2) is 26.2. The number of unbranched alkanes of at least 4 members (excludes halogenated alkanes) is 5. The van der Waals surface area contributed by atoms with Gasteiger partial charge in [0, 0.05) is 11.6 Å². The highest BCUT2D eigenvalue weighted by molar-refractivity contribution is 6.30. The van der Waals surface area contributed by atoms with Gasteiger partial charge in [0.2, 0.25) is 0 Å². The van der Waals surface area contributed by atoms with Crippen molar-refractivity contribution in [1.82, 2.24) is 0 Å². The molecule has 0 amide bonds. The molecule has 318 valence electrons. The second-order valence-corrected chi connectivity index (χ2v) is 13.3. The van der Waals surface area contributed by atoms with Gasteiger partial charge in [0.15, 0.2) is 11.6 Å². The second-order valence-electron chi connectivity index (χ2n) is 13.3. The zero-order valence-electron chi connectivity index (χ0n) is 33.9. The van der Waals surface area contributed by atoms with Crippen molar-refractivity contribution < 1.29 is 71.1 Å². The molecule has 0 saturated carbocycles. The number of aryl methyl sites for hydroxylation is 1. The summed E-state index contributed by atoms with van der Waals surface area (Å²) >= 11 is 0. The molecular weight excluding hydrogens is 759 g/mol. The van der Waals surface area contributed by atoms with E-state index >= 15 is 4.39 Å². The van der Waals surface area contributed by atoms with E-state index in [0.717, 1.165) is 38.2 Å². The molecule has 0 N–H and O–H groups in total. The fourth-order valence-corrected chi connectivity index (χ4v) is 5.21. The smallest absolute Gasteiger partial charge is 0.417 e. The summed E-state index contributed by atoms with van der Waals surface area (Å²) in [6.45, 7) is 11.1. The van der Waals surface area contributed by atoms with Crippen LogP contribution in [0.15, 0.2) is 61.2 Å². The van der Waals surface area contributed by atoms with Gasteiger partial charge in [-0.25, -0.2) is 33.2 Å². The summed E-state index contributed by atoms with van der Waals surface area (Å²) in [4.78, 5) is 73.4. The van der Waals surface area contributed by atoms with Crippen LogP contribution in [-0.4, -0.2) is 88.7 Å². The number of carbonyl (C=O) groups is 6. The number of carbonyl (C=O) groups excluding carboxylic acids is 6. The van der Waals surface area contributed by atoms with Crippen LogP contribution in [0.25, 0.3) is 11.1 Å². The Balaban J connectivity index is 2.48. The van der Waals surface area contributed by atoms with Crippen molar-refractivity contribution in [3.05, 3.63) is 72.6 Å². The summed E-state index contributed by atoms with van der Waals surface area (Å²) in [6.07, 6.45) is 8.07. The lowest BCUT2D eigenvalue weighted by molar-refractivity contribution is -0.178. The highest BCUT2D eigenvalue weighted by Gasteiger charge is 2.39. The molecule has 2 aromatic carbocycles. The van der Waals surface area contributed by atoms with Crippen LogP contribution in [0.1, 0.15) is 78.2 Å². The number of benzene rings is 2. The predicted octanol–water partition coefficient (Wildman–Crippen LogP) is 6.59. The van der Waals surface area contributed by atoms with Crippen molar-refractivity contribution in [1.29, 1.82) is 0 Å². The summed E-state index contributed by atoms with van der Waals surface area (Å²) in [7, 11) is 0. The molecule has 0 fully saturated rings. The molecule has 0 spiro atoms. The van der Waals surface area contributed by atoms with Crippen molar-refractivity contribution in [2.45, 2.75) is 79.1 Å². The molecule has 0 aliphatic rings. The molecule has 0 unspecified atom stereocenters. The van der Waals surface area contributed by atoms with Crippen LogP contribution >= 0.6 is 0 Å². The first-order chi connectivity index (χ1) is 27.8. The third-order valence-electron chi connectivity index (χ3n) is 8.38. The van der Waals surface area contributed by atoms with E-state index in [-0.39, 0.29) is 43.3 Å². The topological polar surface area (TPSA) is 176 Å². The van der Waals surface area contributed by atoms with Crippen LogP contribution in [0.4, 0.5) is 4.39 Å². The quantitative estimate of drug-likeness (QED) is 0.0327. The largest absolute Gasteiger partial charge is 0.492 e. The van der Waals surface area contributed by atoms with Crippen molar-refractivity contribution >= 4 is 35.8 Å². The van der Waals surface area contributed by atoms with E-state index in [0.29, 0.717) is 29.7 Å². The fraction of sp³-hybridized carbons (Fsp3) is 0.488. The van der Waals surface area contributed by atoms with Gasteiger partial charge in [0.25, 0.3) is 0 Å². The van der Waals surface area contributed by atoms with Crippen LogP contribution < -0.4 is 9.47 Å². The fourth-order valence-electron chi connectivity index (χ4n) is 5.21. The van der Waals surface area contributed by atoms with Crippen LogP contribution in [0.3, 0.4) is 0 Å². The number of hydrogen-bond donors (Lipinski definition) is 0. The average molecular weight is 815 g/mol. The zero-order chi connectivity index (χ0) is 42.9. The maximum atomic E-state index is 15.2. The van der Waals surface area contributed by atoms with Gasteiger partial charge in [0.05, 0.1) is 26.4 Å². The third-order valence-corrected chi connectivity index (χ3v) is 8.38. The van der Waals surface area contributed by atoms with E-state index in [9.17, 15) is 28.8 Å². The Labute approximate surface area is 338 Å². The highest BCUT2D eigenvalue weighted by Crippen LogP contribution is 2.32. The average Bonchev–Trinajstić information content (AvgIpc) is 3.21. The maximum Gasteiger partial charge on any atom is 0.417 e. The minimum absolute atomic E-state index is 0.0192. The molecule has 2 aromatic rings. The Bertz CT molecular complexity index is 1680. The highest BCUT2D eigenvalue weighted by atomic mass is 19.1. The molecule has 58 heavy (non-hydrogen) atoms. The molecule has 0 aliphatic heterocycles. The first-order valence-corrected chi connectivity index (χ1v) is 19.3. The lowest BCUT2D eigenvalue weighted by atomic mass is 9.91. The number of hydrogen-bond acceptors (Lipinski definition) is 14. The van der Waals surface area contributed by atoms with Crippen molar-refractivity contribution in [3.8, 4) is 22.6 Å². The first kappa shape index (κ1) is 48.4. The van der Waals surface area contributed by atoms with Crippen molar-refractivity contribution in [2.75, 3.05) is 52.9 Å². The number of ether oxygens (including phenoxy) is 8. The molecule has 0 atom stereocenters. The van der Waals surface area contributed by atoms with Gasteiger partial charge in [-0.3, -0.25) is 0 Å². The molecule has 0 aromatic heterocycles. The molecule has 15 heteroatoms. The van der Waals surface area contributed by atoms with Crippen molar-refractivity contribution in [3.63, 3.8) is 0 Å². The molecule has 0 saturated heterocycles. The van der Waals surface area contributed by atoms with Gasteiger partial charge in [-0.1, -0.05) is 64.3 Å². The van der Waals surface area contributed by atoms with Crippen LogP contribution in [0.2, 0.25) is 0 Å². The zero-order valence-corrected chi connectivity index (χ0v) is 33.9. The van der Waals surface area contributed by atoms with E-state index in [2.05, 4.69) is 20.1 Å². The molecular formula is C43H55FO14. The molecule has 0 heterocycles. The summed E-state index contributed by atoms with van der Waals surface area (Å²) in [5, 5.41) is 0. The number of esters is 6. The van der Waals surface area contributed by atoms with E-state index < -0.39 is 73.5 Å². The minimum Gasteiger partial charge on any atom is -0.492 e. The lowest BCUT2D eigenvalue weighted by Gasteiger charge is -2.32. The molecule has 0 aliphatic carbocycles. The Morgan fingerprint density at radius 3 is 1.71 bits per heavy atom. The van der Waals surface area contributed by atoms with Gasteiger partial charge in [-0.15, -0.1) is 0 Å². The third kappa shape index (κ3) is 17.2. The lowest BCUT2D eigenvalue weighted by Crippen LogP contribution is -2.45. The van der Waals surface area contributed by atoms with Gasteiger partial charge < -0.3 is 37.9 Å². The number of rotatable bonds is 26. The molecule has 14 nitrogen and oxygen atoms in total. The standard InChI is InChI=1S/C43H55FO14/c1-7-11-12-13-14-15-22-53-36-21-19-32(25-34(36)44)31-18-20-35(33(24-31)17-16-23-54-37(45)8-2)55-26-43(27-56-38(46)30(5)6,28-57-41(49)39(47)51-9-3)29-58-42(50)40(48)52-10-4/h8,18-21,24-25H,2,5,7,9-17,22-23,26-29H2,1,3-4,6H3. The Morgan fingerprint density at radius 2 is 1.16 bits per heavy atom. The maximum absolute atomic E-state index is 15.2. The minimum atomic E-state index is -1.72. The Morgan fingerprint density at radius 1 is 0.621 bits per heavy atom.